The minimum atomic E-state index is -0.231. The molecule has 0 spiro atoms. The average Bonchev–Trinajstić information content (AvgIpc) is 3.01. The van der Waals surface area contributed by atoms with Gasteiger partial charge in [-0.3, -0.25) is 0 Å². The van der Waals surface area contributed by atoms with Crippen LogP contribution in [-0.4, -0.2) is 17.5 Å². The third kappa shape index (κ3) is 5.60. The van der Waals surface area contributed by atoms with Crippen LogP contribution in [0.5, 0.6) is 0 Å². The minimum absolute atomic E-state index is 0.0735. The Balaban J connectivity index is 1.96. The number of thiazole rings is 1. The van der Waals surface area contributed by atoms with Gasteiger partial charge in [-0.25, -0.2) is 14.4 Å². The Morgan fingerprint density at radius 1 is 1.21 bits per heavy atom. The fourth-order valence-corrected chi connectivity index (χ4v) is 2.92. The van der Waals surface area contributed by atoms with Crippen LogP contribution in [0, 0.1) is 5.82 Å². The van der Waals surface area contributed by atoms with Gasteiger partial charge in [0.25, 0.3) is 0 Å². The first-order valence-electron chi connectivity index (χ1n) is 8.10. The van der Waals surface area contributed by atoms with Crippen molar-refractivity contribution < 1.29 is 4.39 Å². The predicted octanol–water partition coefficient (Wildman–Crippen LogP) is 3.84. The highest BCUT2D eigenvalue weighted by molar-refractivity contribution is 7.09. The Morgan fingerprint density at radius 2 is 1.92 bits per heavy atom. The topological polar surface area (TPSA) is 49.3 Å². The molecule has 0 aliphatic rings. The summed E-state index contributed by atoms with van der Waals surface area (Å²) >= 11 is 1.69. The van der Waals surface area contributed by atoms with E-state index in [2.05, 4.69) is 46.8 Å². The van der Waals surface area contributed by atoms with E-state index in [1.54, 1.807) is 23.5 Å². The van der Waals surface area contributed by atoms with Crippen LogP contribution in [0.3, 0.4) is 0 Å². The maximum Gasteiger partial charge on any atom is 0.191 e. The van der Waals surface area contributed by atoms with E-state index in [1.165, 1.54) is 12.1 Å². The van der Waals surface area contributed by atoms with Crippen LogP contribution in [0.2, 0.25) is 0 Å². The lowest BCUT2D eigenvalue weighted by atomic mass is 9.98. The maximum atomic E-state index is 12.9. The van der Waals surface area contributed by atoms with Crippen molar-refractivity contribution in [1.29, 1.82) is 0 Å². The van der Waals surface area contributed by atoms with Crippen molar-refractivity contribution in [3.8, 4) is 0 Å². The summed E-state index contributed by atoms with van der Waals surface area (Å²) in [6.07, 6.45) is 0. The summed E-state index contributed by atoms with van der Waals surface area (Å²) in [5.41, 5.74) is 2.05. The molecule has 0 fully saturated rings. The number of guanidine groups is 1. The number of hydrogen-bond donors (Lipinski definition) is 2. The minimum Gasteiger partial charge on any atom is -0.357 e. The van der Waals surface area contributed by atoms with Gasteiger partial charge in [0.05, 0.1) is 23.8 Å². The van der Waals surface area contributed by atoms with E-state index in [4.69, 9.17) is 0 Å². The van der Waals surface area contributed by atoms with E-state index in [0.717, 1.165) is 28.8 Å². The first-order chi connectivity index (χ1) is 11.4. The Kier molecular flexibility index (Phi) is 6.31. The van der Waals surface area contributed by atoms with Gasteiger partial charge in [0.1, 0.15) is 5.82 Å². The number of hydrogen-bond acceptors (Lipinski definition) is 3. The summed E-state index contributed by atoms with van der Waals surface area (Å²) in [5.74, 6) is 0.498. The molecule has 24 heavy (non-hydrogen) atoms. The van der Waals surface area contributed by atoms with Gasteiger partial charge >= 0.3 is 0 Å². The Morgan fingerprint density at radius 3 is 2.50 bits per heavy atom. The number of benzene rings is 1. The lowest BCUT2D eigenvalue weighted by Crippen LogP contribution is -2.36. The van der Waals surface area contributed by atoms with Gasteiger partial charge in [0.2, 0.25) is 0 Å². The van der Waals surface area contributed by atoms with Crippen LogP contribution >= 0.6 is 11.3 Å². The molecule has 0 unspecified atom stereocenters. The standard InChI is InChI=1S/C18H25FN4S/c1-5-20-17(21-10-13-6-8-14(19)9-7-13)22-11-15-12-24-16(23-15)18(2,3)4/h6-9,12H,5,10-11H2,1-4H3,(H2,20,21,22). The smallest absolute Gasteiger partial charge is 0.191 e. The number of nitrogens with one attached hydrogen (secondary N) is 2. The largest absolute Gasteiger partial charge is 0.357 e. The fourth-order valence-electron chi connectivity index (χ4n) is 2.01. The zero-order valence-corrected chi connectivity index (χ0v) is 15.5. The third-order valence-corrected chi connectivity index (χ3v) is 4.62. The lowest BCUT2D eigenvalue weighted by Gasteiger charge is -2.14. The van der Waals surface area contributed by atoms with Crippen LogP contribution in [0.1, 0.15) is 44.0 Å². The summed E-state index contributed by atoms with van der Waals surface area (Å²) in [5, 5.41) is 9.72. The van der Waals surface area contributed by atoms with E-state index in [1.807, 2.05) is 6.92 Å². The molecule has 4 nitrogen and oxygen atoms in total. The van der Waals surface area contributed by atoms with Crippen molar-refractivity contribution in [3.63, 3.8) is 0 Å². The van der Waals surface area contributed by atoms with Crippen LogP contribution in [0.4, 0.5) is 4.39 Å². The van der Waals surface area contributed by atoms with Crippen molar-refractivity contribution in [1.82, 2.24) is 15.6 Å². The molecule has 1 aromatic heterocycles. The molecule has 0 amide bonds. The highest BCUT2D eigenvalue weighted by Crippen LogP contribution is 2.25. The quantitative estimate of drug-likeness (QED) is 0.638. The number of halogens is 1. The average molecular weight is 348 g/mol. The normalized spacial score (nSPS) is 12.3. The van der Waals surface area contributed by atoms with E-state index < -0.39 is 0 Å². The van der Waals surface area contributed by atoms with E-state index in [-0.39, 0.29) is 11.2 Å². The molecular weight excluding hydrogens is 323 g/mol. The van der Waals surface area contributed by atoms with Gasteiger partial charge in [0, 0.05) is 17.3 Å². The molecule has 0 saturated carbocycles. The van der Waals surface area contributed by atoms with Gasteiger partial charge in [0.15, 0.2) is 5.96 Å². The van der Waals surface area contributed by atoms with Crippen molar-refractivity contribution >= 4 is 17.3 Å². The summed E-state index contributed by atoms with van der Waals surface area (Å²) in [4.78, 5) is 9.20. The molecule has 0 atom stereocenters. The molecule has 2 N–H and O–H groups in total. The molecule has 0 radical (unpaired) electrons. The highest BCUT2D eigenvalue weighted by Gasteiger charge is 2.17. The number of aromatic nitrogens is 1. The van der Waals surface area contributed by atoms with Crippen molar-refractivity contribution in [2.24, 2.45) is 4.99 Å². The van der Waals surface area contributed by atoms with Crippen molar-refractivity contribution in [2.75, 3.05) is 6.54 Å². The molecule has 1 heterocycles. The highest BCUT2D eigenvalue weighted by atomic mass is 32.1. The number of aliphatic imine (C=N–C) groups is 1. The molecule has 2 aromatic rings. The summed E-state index contributed by atoms with van der Waals surface area (Å²) in [6.45, 7) is 10.4. The van der Waals surface area contributed by atoms with Gasteiger partial charge < -0.3 is 10.6 Å². The van der Waals surface area contributed by atoms with Crippen LogP contribution in [-0.2, 0) is 18.5 Å². The van der Waals surface area contributed by atoms with Crippen LogP contribution in [0.25, 0.3) is 0 Å². The molecule has 0 aliphatic heterocycles. The van der Waals surface area contributed by atoms with Crippen LogP contribution in [0.15, 0.2) is 34.6 Å². The Hall–Kier alpha value is -1.95. The molecule has 6 heteroatoms. The zero-order chi connectivity index (χ0) is 17.6. The first kappa shape index (κ1) is 18.4. The summed E-state index contributed by atoms with van der Waals surface area (Å²) in [7, 11) is 0. The molecule has 130 valence electrons. The number of rotatable bonds is 5. The SMILES string of the molecule is CCNC(=NCc1ccc(F)cc1)NCc1csc(C(C)(C)C)n1. The van der Waals surface area contributed by atoms with Crippen LogP contribution < -0.4 is 10.6 Å². The van der Waals surface area contributed by atoms with Gasteiger partial charge in [-0.1, -0.05) is 32.9 Å². The molecule has 0 saturated heterocycles. The van der Waals surface area contributed by atoms with Gasteiger partial charge in [-0.2, -0.15) is 0 Å². The summed E-state index contributed by atoms with van der Waals surface area (Å²) in [6, 6.07) is 6.40. The van der Waals surface area contributed by atoms with Crippen molar-refractivity contribution in [3.05, 3.63) is 51.7 Å². The monoisotopic (exact) mass is 348 g/mol. The first-order valence-corrected chi connectivity index (χ1v) is 8.98. The molecular formula is C18H25FN4S. The fraction of sp³-hybridized carbons (Fsp3) is 0.444. The van der Waals surface area contributed by atoms with Crippen molar-refractivity contribution in [2.45, 2.75) is 46.2 Å². The summed E-state index contributed by atoms with van der Waals surface area (Å²) < 4.78 is 12.9. The Labute approximate surface area is 147 Å². The zero-order valence-electron chi connectivity index (χ0n) is 14.7. The van der Waals surface area contributed by atoms with E-state index in [9.17, 15) is 4.39 Å². The van der Waals surface area contributed by atoms with Gasteiger partial charge in [-0.05, 0) is 24.6 Å². The molecule has 0 bridgehead atoms. The molecule has 2 rings (SSSR count). The molecule has 0 aliphatic carbocycles. The predicted molar refractivity (Wildman–Crippen MR) is 98.9 cm³/mol. The van der Waals surface area contributed by atoms with E-state index >= 15 is 0 Å². The third-order valence-electron chi connectivity index (χ3n) is 3.31. The maximum absolute atomic E-state index is 12.9. The molecule has 1 aromatic carbocycles. The second kappa shape index (κ2) is 8.24. The van der Waals surface area contributed by atoms with Gasteiger partial charge in [-0.15, -0.1) is 11.3 Å². The lowest BCUT2D eigenvalue weighted by molar-refractivity contribution is 0.582. The van der Waals surface area contributed by atoms with E-state index in [0.29, 0.717) is 13.1 Å². The Bertz CT molecular complexity index is 671. The number of nitrogens with zero attached hydrogens (tertiary/aromatic N) is 2. The second-order valence-electron chi connectivity index (χ2n) is 6.57. The second-order valence-corrected chi connectivity index (χ2v) is 7.43.